The lowest BCUT2D eigenvalue weighted by Crippen LogP contribution is -2.05. The molecule has 2 nitrogen and oxygen atoms in total. The van der Waals surface area contributed by atoms with Gasteiger partial charge in [-0.05, 0) is 49.6 Å². The molecule has 0 aromatic heterocycles. The van der Waals surface area contributed by atoms with Crippen LogP contribution in [0.2, 0.25) is 0 Å². The third-order valence-electron chi connectivity index (χ3n) is 2.78. The topological polar surface area (TPSA) is 26.3 Å². The first-order valence-corrected chi connectivity index (χ1v) is 7.39. The number of benzene rings is 2. The molecule has 0 unspecified atom stereocenters. The van der Waals surface area contributed by atoms with Crippen LogP contribution in [0.4, 0.5) is 0 Å². The molecule has 98 valence electrons. The van der Waals surface area contributed by atoms with Gasteiger partial charge in [-0.1, -0.05) is 12.1 Å². The number of hydrogen-bond acceptors (Lipinski definition) is 3. The van der Waals surface area contributed by atoms with E-state index in [0.717, 1.165) is 4.90 Å². The summed E-state index contributed by atoms with van der Waals surface area (Å²) < 4.78 is 5.50. The Labute approximate surface area is 117 Å². The number of hydrogen-bond donors (Lipinski definition) is 0. The maximum absolute atomic E-state index is 12.5. The van der Waals surface area contributed by atoms with Crippen LogP contribution >= 0.6 is 11.8 Å². The van der Waals surface area contributed by atoms with Gasteiger partial charge in [-0.25, -0.2) is 0 Å². The van der Waals surface area contributed by atoms with Crippen molar-refractivity contribution in [2.24, 2.45) is 0 Å². The molecule has 0 radical (unpaired) electrons. The highest BCUT2D eigenvalue weighted by molar-refractivity contribution is 7.98. The van der Waals surface area contributed by atoms with Gasteiger partial charge in [-0.15, -0.1) is 11.8 Å². The van der Waals surface area contributed by atoms with Crippen LogP contribution in [0.5, 0.6) is 5.75 Å². The Balaban J connectivity index is 2.32. The summed E-state index contributed by atoms with van der Waals surface area (Å²) in [6.07, 6.45) is 2.02. The van der Waals surface area contributed by atoms with E-state index in [0.29, 0.717) is 23.5 Å². The third-order valence-corrected chi connectivity index (χ3v) is 3.53. The summed E-state index contributed by atoms with van der Waals surface area (Å²) >= 11 is 1.66. The Kier molecular flexibility index (Phi) is 4.63. The molecule has 2 aromatic carbocycles. The van der Waals surface area contributed by atoms with E-state index in [-0.39, 0.29) is 5.78 Å². The lowest BCUT2D eigenvalue weighted by Gasteiger charge is -2.09. The van der Waals surface area contributed by atoms with Crippen LogP contribution in [0.1, 0.15) is 22.8 Å². The first-order chi connectivity index (χ1) is 9.26. The highest BCUT2D eigenvalue weighted by atomic mass is 32.2. The highest BCUT2D eigenvalue weighted by Gasteiger charge is 2.13. The summed E-state index contributed by atoms with van der Waals surface area (Å²) in [5.74, 6) is 0.639. The number of ketones is 1. The van der Waals surface area contributed by atoms with Crippen molar-refractivity contribution in [3.05, 3.63) is 59.7 Å². The van der Waals surface area contributed by atoms with E-state index in [1.54, 1.807) is 17.8 Å². The fourth-order valence-electron chi connectivity index (χ4n) is 1.83. The predicted molar refractivity (Wildman–Crippen MR) is 79.3 cm³/mol. The third kappa shape index (κ3) is 3.18. The average molecular weight is 272 g/mol. The zero-order valence-corrected chi connectivity index (χ0v) is 11.9. The molecule has 2 rings (SSSR count). The first-order valence-electron chi connectivity index (χ1n) is 6.17. The molecule has 0 saturated carbocycles. The smallest absolute Gasteiger partial charge is 0.196 e. The fraction of sp³-hybridized carbons (Fsp3) is 0.188. The number of carbonyl (C=O) groups excluding carboxylic acids is 1. The normalized spacial score (nSPS) is 10.2. The van der Waals surface area contributed by atoms with Crippen molar-refractivity contribution in [1.82, 2.24) is 0 Å². The van der Waals surface area contributed by atoms with Crippen molar-refractivity contribution >= 4 is 17.5 Å². The van der Waals surface area contributed by atoms with Gasteiger partial charge >= 0.3 is 0 Å². The molecule has 0 amide bonds. The zero-order chi connectivity index (χ0) is 13.7. The minimum atomic E-state index is -0.00305. The van der Waals surface area contributed by atoms with Gasteiger partial charge in [0.2, 0.25) is 0 Å². The van der Waals surface area contributed by atoms with Gasteiger partial charge in [0.05, 0.1) is 12.2 Å². The summed E-state index contributed by atoms with van der Waals surface area (Å²) in [5.41, 5.74) is 1.30. The van der Waals surface area contributed by atoms with E-state index in [1.165, 1.54) is 0 Å². The Hall–Kier alpha value is -1.74. The maximum Gasteiger partial charge on any atom is 0.196 e. The molecule has 0 atom stereocenters. The van der Waals surface area contributed by atoms with E-state index in [2.05, 4.69) is 0 Å². The molecule has 0 heterocycles. The van der Waals surface area contributed by atoms with Crippen LogP contribution in [0.25, 0.3) is 0 Å². The molecule has 0 aliphatic carbocycles. The van der Waals surface area contributed by atoms with Crippen molar-refractivity contribution in [2.75, 3.05) is 12.9 Å². The number of carbonyl (C=O) groups is 1. The van der Waals surface area contributed by atoms with Crippen molar-refractivity contribution in [3.63, 3.8) is 0 Å². The lowest BCUT2D eigenvalue weighted by atomic mass is 10.0. The molecule has 0 fully saturated rings. The number of para-hydroxylation sites is 1. The van der Waals surface area contributed by atoms with Crippen LogP contribution in [0, 0.1) is 0 Å². The maximum atomic E-state index is 12.5. The average Bonchev–Trinajstić information content (AvgIpc) is 2.47. The van der Waals surface area contributed by atoms with Crippen molar-refractivity contribution in [2.45, 2.75) is 11.8 Å². The van der Waals surface area contributed by atoms with E-state index in [1.807, 2.05) is 55.6 Å². The molecule has 2 aromatic rings. The number of rotatable bonds is 5. The van der Waals surface area contributed by atoms with E-state index in [4.69, 9.17) is 4.74 Å². The molecule has 0 spiro atoms. The second-order valence-corrected chi connectivity index (χ2v) is 4.87. The van der Waals surface area contributed by atoms with Crippen molar-refractivity contribution in [3.8, 4) is 5.75 Å². The monoisotopic (exact) mass is 272 g/mol. The van der Waals surface area contributed by atoms with Gasteiger partial charge in [0.1, 0.15) is 5.75 Å². The van der Waals surface area contributed by atoms with Crippen LogP contribution in [0.15, 0.2) is 53.4 Å². The zero-order valence-electron chi connectivity index (χ0n) is 11.1. The van der Waals surface area contributed by atoms with E-state index < -0.39 is 0 Å². The van der Waals surface area contributed by atoms with Gasteiger partial charge < -0.3 is 4.74 Å². The van der Waals surface area contributed by atoms with Gasteiger partial charge in [-0.2, -0.15) is 0 Å². The second kappa shape index (κ2) is 6.43. The summed E-state index contributed by atoms with van der Waals surface area (Å²) in [4.78, 5) is 13.6. The van der Waals surface area contributed by atoms with Gasteiger partial charge in [0.25, 0.3) is 0 Å². The quantitative estimate of drug-likeness (QED) is 0.607. The number of ether oxygens (including phenoxy) is 1. The largest absolute Gasteiger partial charge is 0.493 e. The summed E-state index contributed by atoms with van der Waals surface area (Å²) in [6.45, 7) is 2.46. The minimum Gasteiger partial charge on any atom is -0.493 e. The van der Waals surface area contributed by atoms with Crippen LogP contribution in [-0.2, 0) is 0 Å². The summed E-state index contributed by atoms with van der Waals surface area (Å²) in [6, 6.07) is 15.0. The minimum absolute atomic E-state index is 0.00305. The Bertz CT molecular complexity index is 561. The molecule has 3 heteroatoms. The Morgan fingerprint density at radius 1 is 1.11 bits per heavy atom. The Morgan fingerprint density at radius 2 is 1.79 bits per heavy atom. The molecule has 0 aliphatic rings. The lowest BCUT2D eigenvalue weighted by molar-refractivity contribution is 0.103. The molecule has 0 aliphatic heterocycles. The van der Waals surface area contributed by atoms with Crippen LogP contribution in [0.3, 0.4) is 0 Å². The van der Waals surface area contributed by atoms with Gasteiger partial charge in [-0.3, -0.25) is 4.79 Å². The standard InChI is InChI=1S/C16H16O2S/c1-3-18-15-7-5-4-6-14(15)16(17)12-8-10-13(19-2)11-9-12/h4-11H,3H2,1-2H3. The molecule has 0 N–H and O–H groups in total. The number of thioether (sulfide) groups is 1. The molecular weight excluding hydrogens is 256 g/mol. The Morgan fingerprint density at radius 3 is 2.42 bits per heavy atom. The SMILES string of the molecule is CCOc1ccccc1C(=O)c1ccc(SC)cc1. The van der Waals surface area contributed by atoms with E-state index in [9.17, 15) is 4.79 Å². The molecule has 0 bridgehead atoms. The van der Waals surface area contributed by atoms with Crippen molar-refractivity contribution < 1.29 is 9.53 Å². The van der Waals surface area contributed by atoms with Crippen molar-refractivity contribution in [1.29, 1.82) is 0 Å². The van der Waals surface area contributed by atoms with Crippen LogP contribution in [-0.4, -0.2) is 18.6 Å². The summed E-state index contributed by atoms with van der Waals surface area (Å²) in [7, 11) is 0. The second-order valence-electron chi connectivity index (χ2n) is 3.99. The highest BCUT2D eigenvalue weighted by Crippen LogP contribution is 2.23. The van der Waals surface area contributed by atoms with Gasteiger partial charge in [0, 0.05) is 10.5 Å². The first kappa shape index (κ1) is 13.7. The molecular formula is C16H16O2S. The predicted octanol–water partition coefficient (Wildman–Crippen LogP) is 4.04. The van der Waals surface area contributed by atoms with Gasteiger partial charge in [0.15, 0.2) is 5.78 Å². The summed E-state index contributed by atoms with van der Waals surface area (Å²) in [5, 5.41) is 0. The van der Waals surface area contributed by atoms with E-state index >= 15 is 0 Å². The fourth-order valence-corrected chi connectivity index (χ4v) is 2.24. The molecule has 0 saturated heterocycles. The molecule has 19 heavy (non-hydrogen) atoms. The van der Waals surface area contributed by atoms with Crippen LogP contribution < -0.4 is 4.74 Å².